The van der Waals surface area contributed by atoms with E-state index in [1.165, 1.54) is 18.2 Å². The van der Waals surface area contributed by atoms with Crippen molar-refractivity contribution in [2.24, 2.45) is 5.41 Å². The molecule has 7 heteroatoms. The van der Waals surface area contributed by atoms with Crippen molar-refractivity contribution < 1.29 is 8.42 Å². The molecule has 0 unspecified atom stereocenters. The summed E-state index contributed by atoms with van der Waals surface area (Å²) in [5.41, 5.74) is -0.753. The summed E-state index contributed by atoms with van der Waals surface area (Å²) in [5.74, 6) is 0. The van der Waals surface area contributed by atoms with Crippen LogP contribution in [0.4, 0.5) is 0 Å². The fraction of sp³-hybridized carbons (Fsp3) is 0.364. The fourth-order valence-corrected chi connectivity index (χ4v) is 2.93. The Morgan fingerprint density at radius 2 is 2.11 bits per heavy atom. The highest BCUT2D eigenvalue weighted by Crippen LogP contribution is 2.25. The van der Waals surface area contributed by atoms with Crippen molar-refractivity contribution in [3.05, 3.63) is 27.7 Å². The monoisotopic (exact) mass is 350 g/mol. The number of nitriles is 1. The van der Waals surface area contributed by atoms with Crippen LogP contribution in [-0.4, -0.2) is 15.0 Å². The lowest BCUT2D eigenvalue weighted by Gasteiger charge is -2.16. The molecule has 0 heterocycles. The van der Waals surface area contributed by atoms with Gasteiger partial charge in [0.15, 0.2) is 0 Å². The van der Waals surface area contributed by atoms with Crippen LogP contribution in [0.2, 0.25) is 5.02 Å². The predicted octanol–water partition coefficient (Wildman–Crippen LogP) is 2.93. The number of hydrogen-bond donors (Lipinski definition) is 1. The number of hydrogen-bond acceptors (Lipinski definition) is 3. The summed E-state index contributed by atoms with van der Waals surface area (Å²) < 4.78 is 26.9. The smallest absolute Gasteiger partial charge is 0.210 e. The van der Waals surface area contributed by atoms with Gasteiger partial charge in [-0.15, -0.1) is 0 Å². The average Bonchev–Trinajstić information content (AvgIpc) is 2.30. The van der Waals surface area contributed by atoms with Crippen molar-refractivity contribution in [2.75, 3.05) is 6.54 Å². The van der Waals surface area contributed by atoms with Crippen molar-refractivity contribution in [1.29, 1.82) is 5.26 Å². The first kappa shape index (κ1) is 15.4. The number of halogens is 2. The Bertz CT molecular complexity index is 594. The van der Waals surface area contributed by atoms with Crippen molar-refractivity contribution in [2.45, 2.75) is 18.7 Å². The molecule has 0 saturated carbocycles. The molecule has 98 valence electrons. The lowest BCUT2D eigenvalue weighted by molar-refractivity contribution is 0.479. The van der Waals surface area contributed by atoms with E-state index >= 15 is 0 Å². The molecular weight excluding hydrogens is 340 g/mol. The van der Waals surface area contributed by atoms with E-state index in [1.807, 2.05) is 6.07 Å². The molecule has 0 spiro atoms. The lowest BCUT2D eigenvalue weighted by atomic mass is 9.97. The maximum Gasteiger partial charge on any atom is 0.240 e. The summed E-state index contributed by atoms with van der Waals surface area (Å²) in [6.07, 6.45) is 0. The van der Waals surface area contributed by atoms with Gasteiger partial charge in [-0.25, -0.2) is 13.1 Å². The number of sulfonamides is 1. The highest BCUT2D eigenvalue weighted by atomic mass is 79.9. The number of benzene rings is 1. The second-order valence-corrected chi connectivity index (χ2v) is 7.42. The minimum atomic E-state index is -3.63. The maximum atomic E-state index is 12.0. The number of nitrogens with zero attached hydrogens (tertiary/aromatic N) is 1. The van der Waals surface area contributed by atoms with E-state index in [-0.39, 0.29) is 11.4 Å². The zero-order valence-corrected chi connectivity index (χ0v) is 13.0. The molecule has 0 amide bonds. The zero-order valence-electron chi connectivity index (χ0n) is 9.87. The first-order valence-corrected chi connectivity index (χ1v) is 7.69. The Morgan fingerprint density at radius 3 is 2.61 bits per heavy atom. The second-order valence-electron chi connectivity index (χ2n) is 4.40. The largest absolute Gasteiger partial charge is 0.240 e. The van der Waals surface area contributed by atoms with Crippen LogP contribution in [0, 0.1) is 16.7 Å². The molecule has 0 aromatic heterocycles. The minimum absolute atomic E-state index is 0.0477. The summed E-state index contributed by atoms with van der Waals surface area (Å²) in [4.78, 5) is 0.104. The molecule has 1 aromatic rings. The lowest BCUT2D eigenvalue weighted by Crippen LogP contribution is -2.33. The van der Waals surface area contributed by atoms with Crippen LogP contribution in [0.25, 0.3) is 0 Å². The molecule has 0 fully saturated rings. The third kappa shape index (κ3) is 3.95. The highest BCUT2D eigenvalue weighted by Gasteiger charge is 2.22. The van der Waals surface area contributed by atoms with Crippen LogP contribution >= 0.6 is 27.5 Å². The van der Waals surface area contributed by atoms with Gasteiger partial charge in [-0.2, -0.15) is 5.26 Å². The maximum absolute atomic E-state index is 12.0. The Morgan fingerprint density at radius 1 is 1.50 bits per heavy atom. The molecule has 18 heavy (non-hydrogen) atoms. The fourth-order valence-electron chi connectivity index (χ4n) is 1.04. The Hall–Kier alpha value is -0.610. The van der Waals surface area contributed by atoms with Gasteiger partial charge in [-0.1, -0.05) is 11.6 Å². The molecule has 0 aliphatic carbocycles. The van der Waals surface area contributed by atoms with Gasteiger partial charge in [0.1, 0.15) is 0 Å². The Balaban J connectivity index is 2.94. The van der Waals surface area contributed by atoms with Gasteiger partial charge in [0.05, 0.1) is 21.4 Å². The van der Waals surface area contributed by atoms with Gasteiger partial charge in [-0.3, -0.25) is 0 Å². The van der Waals surface area contributed by atoms with E-state index in [2.05, 4.69) is 20.7 Å². The SMILES string of the molecule is CC(C)(C#N)CNS(=O)(=O)c1ccc(Cl)c(Br)c1. The summed E-state index contributed by atoms with van der Waals surface area (Å²) in [7, 11) is -3.63. The molecule has 1 aromatic carbocycles. The van der Waals surface area contributed by atoms with Gasteiger partial charge >= 0.3 is 0 Å². The third-order valence-electron chi connectivity index (χ3n) is 2.21. The van der Waals surface area contributed by atoms with Crippen LogP contribution in [-0.2, 0) is 10.0 Å². The van der Waals surface area contributed by atoms with E-state index < -0.39 is 15.4 Å². The van der Waals surface area contributed by atoms with Gasteiger partial charge in [-0.05, 0) is 48.0 Å². The van der Waals surface area contributed by atoms with Gasteiger partial charge in [0.25, 0.3) is 0 Å². The number of nitrogens with one attached hydrogen (secondary N) is 1. The molecule has 0 bridgehead atoms. The predicted molar refractivity (Wildman–Crippen MR) is 73.7 cm³/mol. The number of rotatable bonds is 4. The second kappa shape index (κ2) is 5.57. The van der Waals surface area contributed by atoms with Gasteiger partial charge < -0.3 is 0 Å². The molecule has 0 atom stereocenters. The standard InChI is InChI=1S/C11H12BrClN2O2S/c1-11(2,6-14)7-15-18(16,17)8-3-4-10(13)9(12)5-8/h3-5,15H,7H2,1-2H3. The topological polar surface area (TPSA) is 70.0 Å². The van der Waals surface area contributed by atoms with E-state index in [1.54, 1.807) is 13.8 Å². The van der Waals surface area contributed by atoms with Crippen LogP contribution in [0.1, 0.15) is 13.8 Å². The summed E-state index contributed by atoms with van der Waals surface area (Å²) in [6.45, 7) is 3.37. The molecule has 4 nitrogen and oxygen atoms in total. The first-order valence-electron chi connectivity index (χ1n) is 5.04. The first-order chi connectivity index (χ1) is 8.18. The molecular formula is C11H12BrClN2O2S. The molecule has 1 rings (SSSR count). The molecule has 0 radical (unpaired) electrons. The van der Waals surface area contributed by atoms with Crippen LogP contribution in [0.5, 0.6) is 0 Å². The van der Waals surface area contributed by atoms with E-state index in [9.17, 15) is 8.42 Å². The summed E-state index contributed by atoms with van der Waals surface area (Å²) in [5, 5.41) is 9.27. The van der Waals surface area contributed by atoms with Crippen LogP contribution in [0.15, 0.2) is 27.6 Å². The quantitative estimate of drug-likeness (QED) is 0.906. The minimum Gasteiger partial charge on any atom is -0.210 e. The third-order valence-corrected chi connectivity index (χ3v) is 4.82. The molecule has 0 aliphatic heterocycles. The van der Waals surface area contributed by atoms with Crippen molar-refractivity contribution in [3.63, 3.8) is 0 Å². The van der Waals surface area contributed by atoms with Crippen molar-refractivity contribution >= 4 is 37.6 Å². The average molecular weight is 352 g/mol. The van der Waals surface area contributed by atoms with Crippen LogP contribution < -0.4 is 4.72 Å². The normalized spacial score (nSPS) is 12.2. The zero-order chi connectivity index (χ0) is 14.0. The summed E-state index contributed by atoms with van der Waals surface area (Å²) in [6, 6.07) is 6.36. The summed E-state index contributed by atoms with van der Waals surface area (Å²) >= 11 is 8.96. The van der Waals surface area contributed by atoms with Gasteiger partial charge in [0, 0.05) is 11.0 Å². The van der Waals surface area contributed by atoms with Crippen molar-refractivity contribution in [1.82, 2.24) is 4.72 Å². The molecule has 0 saturated heterocycles. The Labute approximate surface area is 120 Å². The highest BCUT2D eigenvalue weighted by molar-refractivity contribution is 9.10. The van der Waals surface area contributed by atoms with Gasteiger partial charge in [0.2, 0.25) is 10.0 Å². The van der Waals surface area contributed by atoms with E-state index in [4.69, 9.17) is 16.9 Å². The van der Waals surface area contributed by atoms with E-state index in [0.29, 0.717) is 9.50 Å². The van der Waals surface area contributed by atoms with E-state index in [0.717, 1.165) is 0 Å². The molecule has 1 N–H and O–H groups in total. The van der Waals surface area contributed by atoms with Crippen LogP contribution in [0.3, 0.4) is 0 Å². The van der Waals surface area contributed by atoms with Crippen molar-refractivity contribution in [3.8, 4) is 6.07 Å². The Kier molecular flexibility index (Phi) is 4.78. The molecule has 0 aliphatic rings.